The molecule has 0 aliphatic carbocycles. The fourth-order valence-corrected chi connectivity index (χ4v) is 4.66. The molecule has 2 aromatic rings. The largest absolute Gasteiger partial charge is 0.336 e. The predicted octanol–water partition coefficient (Wildman–Crippen LogP) is 1.33. The number of hydrogen-bond donors (Lipinski definition) is 0. The van der Waals surface area contributed by atoms with Crippen molar-refractivity contribution in [3.8, 4) is 0 Å². The third kappa shape index (κ3) is 4.70. The highest BCUT2D eigenvalue weighted by atomic mass is 32.2. The van der Waals surface area contributed by atoms with E-state index in [-0.39, 0.29) is 41.7 Å². The molecule has 0 radical (unpaired) electrons. The number of nitrogens with zero attached hydrogens (tertiary/aromatic N) is 4. The van der Waals surface area contributed by atoms with Gasteiger partial charge in [0.2, 0.25) is 10.0 Å². The summed E-state index contributed by atoms with van der Waals surface area (Å²) < 4.78 is 41.3. The van der Waals surface area contributed by atoms with Gasteiger partial charge in [-0.1, -0.05) is 6.92 Å². The molecule has 0 N–H and O–H groups in total. The number of aryl methyl sites for hydroxylation is 1. The van der Waals surface area contributed by atoms with Crippen LogP contribution in [0.2, 0.25) is 0 Å². The van der Waals surface area contributed by atoms with Gasteiger partial charge in [0.25, 0.3) is 11.5 Å². The number of benzene rings is 1. The zero-order valence-electron chi connectivity index (χ0n) is 16.1. The van der Waals surface area contributed by atoms with Crippen molar-refractivity contribution in [1.82, 2.24) is 19.0 Å². The average Bonchev–Trinajstić information content (AvgIpc) is 2.96. The monoisotopic (exact) mass is 422 g/mol. The first-order chi connectivity index (χ1) is 13.8. The zero-order valence-corrected chi connectivity index (χ0v) is 16.9. The maximum Gasteiger partial charge on any atom is 0.274 e. The molecular formula is C19H23FN4O4S. The summed E-state index contributed by atoms with van der Waals surface area (Å²) in [4.78, 5) is 26.2. The average molecular weight is 422 g/mol. The molecule has 0 saturated carbocycles. The summed E-state index contributed by atoms with van der Waals surface area (Å²) in [6.07, 6.45) is 1.17. The summed E-state index contributed by atoms with van der Waals surface area (Å²) in [5.74, 6) is -0.843. The molecular weight excluding hydrogens is 399 g/mol. The number of sulfonamides is 1. The van der Waals surface area contributed by atoms with Crippen molar-refractivity contribution in [2.24, 2.45) is 0 Å². The third-order valence-corrected chi connectivity index (χ3v) is 6.63. The van der Waals surface area contributed by atoms with Gasteiger partial charge in [0, 0.05) is 38.8 Å². The molecule has 1 fully saturated rings. The molecule has 1 aromatic carbocycles. The van der Waals surface area contributed by atoms with Gasteiger partial charge >= 0.3 is 0 Å². The Hall–Kier alpha value is -2.59. The SMILES string of the molecule is CCCn1nc(C(=O)N2CCCN(S(=O)(=O)c3ccc(F)cc3)CC2)ccc1=O. The Morgan fingerprint density at radius 1 is 1.07 bits per heavy atom. The predicted molar refractivity (Wildman–Crippen MR) is 104 cm³/mol. The second-order valence-corrected chi connectivity index (χ2v) is 8.72. The second-order valence-electron chi connectivity index (χ2n) is 6.78. The van der Waals surface area contributed by atoms with Crippen molar-refractivity contribution in [2.45, 2.75) is 31.2 Å². The van der Waals surface area contributed by atoms with Crippen LogP contribution in [0.15, 0.2) is 46.1 Å². The van der Waals surface area contributed by atoms with E-state index in [1.807, 2.05) is 6.92 Å². The minimum Gasteiger partial charge on any atom is -0.336 e. The zero-order chi connectivity index (χ0) is 21.0. The lowest BCUT2D eigenvalue weighted by Crippen LogP contribution is -2.38. The summed E-state index contributed by atoms with van der Waals surface area (Å²) in [7, 11) is -3.77. The molecule has 2 heterocycles. The van der Waals surface area contributed by atoms with E-state index < -0.39 is 15.8 Å². The van der Waals surface area contributed by atoms with E-state index in [0.717, 1.165) is 12.1 Å². The molecule has 1 aliphatic rings. The van der Waals surface area contributed by atoms with Gasteiger partial charge in [-0.25, -0.2) is 17.5 Å². The number of carbonyl (C=O) groups is 1. The lowest BCUT2D eigenvalue weighted by atomic mass is 10.3. The summed E-state index contributed by atoms with van der Waals surface area (Å²) in [5, 5.41) is 4.14. The van der Waals surface area contributed by atoms with E-state index >= 15 is 0 Å². The summed E-state index contributed by atoms with van der Waals surface area (Å²) in [5.41, 5.74) is -0.108. The molecule has 0 spiro atoms. The first-order valence-electron chi connectivity index (χ1n) is 9.46. The van der Waals surface area contributed by atoms with Crippen LogP contribution in [0.3, 0.4) is 0 Å². The molecule has 3 rings (SSSR count). The van der Waals surface area contributed by atoms with E-state index in [1.54, 1.807) is 4.90 Å². The lowest BCUT2D eigenvalue weighted by Gasteiger charge is -2.22. The molecule has 0 unspecified atom stereocenters. The van der Waals surface area contributed by atoms with Crippen molar-refractivity contribution < 1.29 is 17.6 Å². The first kappa shape index (κ1) is 21.1. The molecule has 10 heteroatoms. The van der Waals surface area contributed by atoms with Crippen LogP contribution in [-0.2, 0) is 16.6 Å². The van der Waals surface area contributed by atoms with Gasteiger partial charge in [-0.15, -0.1) is 0 Å². The highest BCUT2D eigenvalue weighted by Gasteiger charge is 2.29. The van der Waals surface area contributed by atoms with Gasteiger partial charge in [-0.2, -0.15) is 9.40 Å². The maximum atomic E-state index is 13.1. The van der Waals surface area contributed by atoms with E-state index in [9.17, 15) is 22.4 Å². The summed E-state index contributed by atoms with van der Waals surface area (Å²) >= 11 is 0. The normalized spacial score (nSPS) is 15.9. The quantitative estimate of drug-likeness (QED) is 0.725. The Kier molecular flexibility index (Phi) is 6.43. The van der Waals surface area contributed by atoms with Crippen molar-refractivity contribution in [3.63, 3.8) is 0 Å². The van der Waals surface area contributed by atoms with Crippen LogP contribution >= 0.6 is 0 Å². The Bertz CT molecular complexity index is 1040. The Morgan fingerprint density at radius 3 is 2.48 bits per heavy atom. The highest BCUT2D eigenvalue weighted by molar-refractivity contribution is 7.89. The first-order valence-corrected chi connectivity index (χ1v) is 10.9. The minimum atomic E-state index is -3.77. The number of hydrogen-bond acceptors (Lipinski definition) is 5. The number of halogens is 1. The van der Waals surface area contributed by atoms with Gasteiger partial charge in [0.05, 0.1) is 4.90 Å². The van der Waals surface area contributed by atoms with Gasteiger partial charge in [0.15, 0.2) is 0 Å². The molecule has 0 atom stereocenters. The Morgan fingerprint density at radius 2 is 1.79 bits per heavy atom. The summed E-state index contributed by atoms with van der Waals surface area (Å²) in [6.45, 7) is 3.29. The topological polar surface area (TPSA) is 92.6 Å². The van der Waals surface area contributed by atoms with Crippen LogP contribution in [0, 0.1) is 5.82 Å². The van der Waals surface area contributed by atoms with Crippen LogP contribution in [0.25, 0.3) is 0 Å². The molecule has 1 aliphatic heterocycles. The fourth-order valence-electron chi connectivity index (χ4n) is 3.19. The van der Waals surface area contributed by atoms with Gasteiger partial charge in [-0.3, -0.25) is 9.59 Å². The second kappa shape index (κ2) is 8.83. The lowest BCUT2D eigenvalue weighted by molar-refractivity contribution is 0.0755. The molecule has 156 valence electrons. The van der Waals surface area contributed by atoms with E-state index in [1.165, 1.54) is 33.3 Å². The maximum absolute atomic E-state index is 13.1. The number of carbonyl (C=O) groups excluding carboxylic acids is 1. The Labute approximate surface area is 168 Å². The van der Waals surface area contributed by atoms with Crippen molar-refractivity contribution >= 4 is 15.9 Å². The van der Waals surface area contributed by atoms with Crippen LogP contribution in [0.1, 0.15) is 30.3 Å². The summed E-state index contributed by atoms with van der Waals surface area (Å²) in [6, 6.07) is 7.40. The molecule has 8 nitrogen and oxygen atoms in total. The van der Waals surface area contributed by atoms with Gasteiger partial charge < -0.3 is 4.90 Å². The van der Waals surface area contributed by atoms with Gasteiger partial charge in [0.1, 0.15) is 11.5 Å². The van der Waals surface area contributed by atoms with Gasteiger partial charge in [-0.05, 0) is 43.2 Å². The molecule has 1 saturated heterocycles. The van der Waals surface area contributed by atoms with Crippen LogP contribution in [-0.4, -0.2) is 59.5 Å². The number of rotatable bonds is 5. The van der Waals surface area contributed by atoms with Crippen molar-refractivity contribution in [1.29, 1.82) is 0 Å². The van der Waals surface area contributed by atoms with E-state index in [2.05, 4.69) is 5.10 Å². The van der Waals surface area contributed by atoms with E-state index in [0.29, 0.717) is 25.9 Å². The van der Waals surface area contributed by atoms with Crippen LogP contribution in [0.4, 0.5) is 4.39 Å². The third-order valence-electron chi connectivity index (χ3n) is 4.71. The minimum absolute atomic E-state index is 0.0204. The number of aromatic nitrogens is 2. The number of amides is 1. The molecule has 1 aromatic heterocycles. The van der Waals surface area contributed by atoms with Crippen LogP contribution in [0.5, 0.6) is 0 Å². The fraction of sp³-hybridized carbons (Fsp3) is 0.421. The van der Waals surface area contributed by atoms with E-state index in [4.69, 9.17) is 0 Å². The molecule has 0 bridgehead atoms. The molecule has 1 amide bonds. The van der Waals surface area contributed by atoms with Crippen LogP contribution < -0.4 is 5.56 Å². The smallest absolute Gasteiger partial charge is 0.274 e. The van der Waals surface area contributed by atoms with Crippen molar-refractivity contribution in [2.75, 3.05) is 26.2 Å². The highest BCUT2D eigenvalue weighted by Crippen LogP contribution is 2.18. The standard InChI is InChI=1S/C19H23FN4O4S/c1-2-10-24-18(25)9-8-17(21-24)19(26)22-11-3-12-23(14-13-22)29(27,28)16-6-4-15(20)5-7-16/h4-9H,2-3,10-14H2,1H3. The Balaban J connectivity index is 1.74. The molecule has 29 heavy (non-hydrogen) atoms. The van der Waals surface area contributed by atoms with Crippen molar-refractivity contribution in [3.05, 3.63) is 58.3 Å².